The van der Waals surface area contributed by atoms with Gasteiger partial charge in [0, 0.05) is 18.7 Å². The Morgan fingerprint density at radius 2 is 1.97 bits per heavy atom. The number of amides is 3. The molecule has 8 nitrogen and oxygen atoms in total. The van der Waals surface area contributed by atoms with Crippen molar-refractivity contribution in [1.82, 2.24) is 5.43 Å². The van der Waals surface area contributed by atoms with Crippen LogP contribution in [0.1, 0.15) is 25.3 Å². The second-order valence-electron chi connectivity index (χ2n) is 7.17. The normalized spacial score (nSPS) is 16.4. The Morgan fingerprint density at radius 1 is 1.13 bits per heavy atom. The zero-order valence-corrected chi connectivity index (χ0v) is 16.6. The molecule has 2 aromatic rings. The van der Waals surface area contributed by atoms with Crippen LogP contribution >= 0.6 is 0 Å². The van der Waals surface area contributed by atoms with Gasteiger partial charge in [0.05, 0.1) is 11.4 Å². The molecule has 0 aromatic heterocycles. The maximum atomic E-state index is 12.4. The second kappa shape index (κ2) is 8.36. The molecular formula is C22H22N4O4. The summed E-state index contributed by atoms with van der Waals surface area (Å²) in [6.45, 7) is 2.23. The summed E-state index contributed by atoms with van der Waals surface area (Å²) in [4.78, 5) is 39.7. The van der Waals surface area contributed by atoms with Crippen molar-refractivity contribution < 1.29 is 19.1 Å². The third kappa shape index (κ3) is 4.03. The number of ether oxygens (including phenoxy) is 1. The van der Waals surface area contributed by atoms with Gasteiger partial charge in [0.25, 0.3) is 11.8 Å². The summed E-state index contributed by atoms with van der Waals surface area (Å²) in [5.41, 5.74) is 5.31. The van der Waals surface area contributed by atoms with Gasteiger partial charge in [-0.1, -0.05) is 24.3 Å². The van der Waals surface area contributed by atoms with E-state index in [2.05, 4.69) is 10.5 Å². The quantitative estimate of drug-likeness (QED) is 0.608. The summed E-state index contributed by atoms with van der Waals surface area (Å²) in [6, 6.07) is 14.6. The van der Waals surface area contributed by atoms with Crippen molar-refractivity contribution in [2.24, 2.45) is 5.10 Å². The van der Waals surface area contributed by atoms with Gasteiger partial charge in [0.2, 0.25) is 5.91 Å². The summed E-state index contributed by atoms with van der Waals surface area (Å²) in [7, 11) is 0. The molecule has 3 amide bonds. The Bertz CT molecular complexity index is 1030. The van der Waals surface area contributed by atoms with Crippen LogP contribution in [0.4, 0.5) is 11.4 Å². The Morgan fingerprint density at radius 3 is 2.77 bits per heavy atom. The van der Waals surface area contributed by atoms with Crippen LogP contribution < -0.4 is 20.0 Å². The number of benzene rings is 2. The van der Waals surface area contributed by atoms with E-state index in [4.69, 9.17) is 4.74 Å². The van der Waals surface area contributed by atoms with Gasteiger partial charge in [0.15, 0.2) is 6.61 Å². The lowest BCUT2D eigenvalue weighted by atomic mass is 10.1. The van der Waals surface area contributed by atoms with Gasteiger partial charge in [-0.25, -0.2) is 5.43 Å². The molecule has 30 heavy (non-hydrogen) atoms. The van der Waals surface area contributed by atoms with E-state index in [0.29, 0.717) is 30.1 Å². The van der Waals surface area contributed by atoms with E-state index < -0.39 is 5.91 Å². The molecule has 0 atom stereocenters. The molecule has 154 valence electrons. The zero-order chi connectivity index (χ0) is 21.1. The molecule has 2 heterocycles. The number of nitrogens with zero attached hydrogens (tertiary/aromatic N) is 3. The molecule has 2 aromatic carbocycles. The summed E-state index contributed by atoms with van der Waals surface area (Å²) in [5, 5.41) is 4.17. The molecule has 0 radical (unpaired) electrons. The highest BCUT2D eigenvalue weighted by Gasteiger charge is 2.27. The van der Waals surface area contributed by atoms with E-state index in [1.165, 1.54) is 4.90 Å². The minimum Gasteiger partial charge on any atom is -0.482 e. The van der Waals surface area contributed by atoms with Crippen molar-refractivity contribution in [1.29, 1.82) is 0 Å². The summed E-state index contributed by atoms with van der Waals surface area (Å²) in [6.07, 6.45) is 1.42. The fourth-order valence-electron chi connectivity index (χ4n) is 3.54. The topological polar surface area (TPSA) is 91.3 Å². The van der Waals surface area contributed by atoms with Crippen molar-refractivity contribution in [3.63, 3.8) is 0 Å². The van der Waals surface area contributed by atoms with Gasteiger partial charge in [-0.05, 0) is 43.2 Å². The van der Waals surface area contributed by atoms with Gasteiger partial charge in [-0.15, -0.1) is 0 Å². The number of fused-ring (bicyclic) bond motifs is 1. The molecule has 1 N–H and O–H groups in total. The summed E-state index contributed by atoms with van der Waals surface area (Å²) in [5.74, 6) is -0.0128. The predicted molar refractivity (Wildman–Crippen MR) is 113 cm³/mol. The van der Waals surface area contributed by atoms with Gasteiger partial charge < -0.3 is 9.64 Å². The van der Waals surface area contributed by atoms with Crippen LogP contribution in [0, 0.1) is 0 Å². The maximum Gasteiger partial charge on any atom is 0.265 e. The van der Waals surface area contributed by atoms with Crippen molar-refractivity contribution in [2.45, 2.75) is 19.8 Å². The van der Waals surface area contributed by atoms with Crippen molar-refractivity contribution in [3.8, 4) is 5.75 Å². The van der Waals surface area contributed by atoms with Gasteiger partial charge >= 0.3 is 0 Å². The SMILES string of the molecule is C/C(=N/NC(=O)CN1C(=O)COc2ccccc21)c1cccc(N2CCCC2=O)c1. The van der Waals surface area contributed by atoms with Crippen LogP contribution in [0.3, 0.4) is 0 Å². The molecule has 0 spiro atoms. The number of carbonyl (C=O) groups excluding carboxylic acids is 3. The van der Waals surface area contributed by atoms with E-state index in [0.717, 1.165) is 17.7 Å². The third-order valence-electron chi connectivity index (χ3n) is 5.11. The predicted octanol–water partition coefficient (Wildman–Crippen LogP) is 2.08. The zero-order valence-electron chi connectivity index (χ0n) is 16.6. The highest BCUT2D eigenvalue weighted by molar-refractivity contribution is 6.04. The van der Waals surface area contributed by atoms with Crippen LogP contribution in [0.5, 0.6) is 5.75 Å². The minimum absolute atomic E-state index is 0.103. The Hall–Kier alpha value is -3.68. The van der Waals surface area contributed by atoms with Crippen molar-refractivity contribution in [3.05, 3.63) is 54.1 Å². The monoisotopic (exact) mass is 406 g/mol. The first-order valence-corrected chi connectivity index (χ1v) is 9.79. The Balaban J connectivity index is 1.43. The number of carbonyl (C=O) groups is 3. The third-order valence-corrected chi connectivity index (χ3v) is 5.11. The van der Waals surface area contributed by atoms with Crippen LogP contribution in [0.15, 0.2) is 53.6 Å². The average Bonchev–Trinajstić information content (AvgIpc) is 3.20. The first kappa shape index (κ1) is 19.6. The van der Waals surface area contributed by atoms with E-state index in [-0.39, 0.29) is 25.0 Å². The molecule has 2 aliphatic heterocycles. The number of para-hydroxylation sites is 2. The van der Waals surface area contributed by atoms with E-state index in [1.807, 2.05) is 30.3 Å². The second-order valence-corrected chi connectivity index (χ2v) is 7.17. The van der Waals surface area contributed by atoms with E-state index in [9.17, 15) is 14.4 Å². The lowest BCUT2D eigenvalue weighted by Gasteiger charge is -2.28. The van der Waals surface area contributed by atoms with Crippen LogP contribution in [-0.4, -0.2) is 43.1 Å². The number of nitrogens with one attached hydrogen (secondary N) is 1. The van der Waals surface area contributed by atoms with Crippen molar-refractivity contribution in [2.75, 3.05) is 29.5 Å². The Labute approximate surface area is 174 Å². The van der Waals surface area contributed by atoms with Gasteiger partial charge in [0.1, 0.15) is 12.3 Å². The van der Waals surface area contributed by atoms with Crippen molar-refractivity contribution >= 4 is 34.8 Å². The standard InChI is InChI=1S/C22H22N4O4/c1-15(16-6-4-7-17(12-16)25-11-5-10-21(25)28)23-24-20(27)13-26-18-8-2-3-9-19(18)30-14-22(26)29/h2-4,6-9,12H,5,10-11,13-14H2,1H3,(H,24,27)/b23-15-. The lowest BCUT2D eigenvalue weighted by molar-refractivity contribution is -0.125. The van der Waals surface area contributed by atoms with Gasteiger partial charge in [-0.2, -0.15) is 5.10 Å². The molecule has 4 rings (SSSR count). The molecule has 0 unspecified atom stereocenters. The lowest BCUT2D eigenvalue weighted by Crippen LogP contribution is -2.44. The summed E-state index contributed by atoms with van der Waals surface area (Å²) >= 11 is 0. The largest absolute Gasteiger partial charge is 0.482 e. The molecule has 1 fully saturated rings. The molecule has 0 aliphatic carbocycles. The van der Waals surface area contributed by atoms with Crippen LogP contribution in [0.25, 0.3) is 0 Å². The first-order chi connectivity index (χ1) is 14.5. The first-order valence-electron chi connectivity index (χ1n) is 9.79. The minimum atomic E-state index is -0.412. The number of anilines is 2. The van der Waals surface area contributed by atoms with E-state index >= 15 is 0 Å². The highest BCUT2D eigenvalue weighted by Crippen LogP contribution is 2.31. The fraction of sp³-hybridized carbons (Fsp3) is 0.273. The smallest absolute Gasteiger partial charge is 0.265 e. The van der Waals surface area contributed by atoms with Crippen LogP contribution in [0.2, 0.25) is 0 Å². The molecule has 8 heteroatoms. The molecule has 0 bridgehead atoms. The number of rotatable bonds is 5. The maximum absolute atomic E-state index is 12.4. The molecule has 1 saturated heterocycles. The fourth-order valence-corrected chi connectivity index (χ4v) is 3.54. The Kier molecular flexibility index (Phi) is 5.47. The highest BCUT2D eigenvalue weighted by atomic mass is 16.5. The average molecular weight is 406 g/mol. The van der Waals surface area contributed by atoms with Crippen LogP contribution in [-0.2, 0) is 14.4 Å². The molecule has 2 aliphatic rings. The molecular weight excluding hydrogens is 384 g/mol. The van der Waals surface area contributed by atoms with Gasteiger partial charge in [-0.3, -0.25) is 19.3 Å². The number of hydrogen-bond donors (Lipinski definition) is 1. The number of hydrazone groups is 1. The number of hydrogen-bond acceptors (Lipinski definition) is 5. The molecule has 0 saturated carbocycles. The summed E-state index contributed by atoms with van der Waals surface area (Å²) < 4.78 is 5.39. The van der Waals surface area contributed by atoms with E-state index in [1.54, 1.807) is 30.0 Å².